The van der Waals surface area contributed by atoms with Crippen LogP contribution in [-0.2, 0) is 4.79 Å². The number of amides is 1. The zero-order valence-electron chi connectivity index (χ0n) is 12.7. The highest BCUT2D eigenvalue weighted by Gasteiger charge is 2.30. The van der Waals surface area contributed by atoms with Crippen LogP contribution in [0.4, 0.5) is 18.9 Å². The third-order valence-electron chi connectivity index (χ3n) is 3.18. The molecule has 0 fully saturated rings. The maximum absolute atomic E-state index is 12.1. The quantitative estimate of drug-likeness (QED) is 0.847. The van der Waals surface area contributed by atoms with Gasteiger partial charge in [0.2, 0.25) is 12.7 Å². The van der Waals surface area contributed by atoms with E-state index in [2.05, 4.69) is 10.1 Å². The van der Waals surface area contributed by atoms with Gasteiger partial charge in [0, 0.05) is 11.8 Å². The Morgan fingerprint density at radius 1 is 1.08 bits per heavy atom. The highest BCUT2D eigenvalue weighted by atomic mass is 19.4. The second kappa shape index (κ2) is 6.76. The molecular weight excluding hydrogens is 339 g/mol. The number of hydrogen-bond acceptors (Lipinski definition) is 4. The van der Waals surface area contributed by atoms with Crippen LogP contribution in [0.25, 0.3) is 6.08 Å². The lowest BCUT2D eigenvalue weighted by Gasteiger charge is -2.09. The van der Waals surface area contributed by atoms with Crippen LogP contribution >= 0.6 is 0 Å². The number of halogens is 3. The van der Waals surface area contributed by atoms with Crippen molar-refractivity contribution in [2.75, 3.05) is 12.1 Å². The van der Waals surface area contributed by atoms with Crippen molar-refractivity contribution in [3.8, 4) is 17.2 Å². The second-order valence-corrected chi connectivity index (χ2v) is 5.01. The van der Waals surface area contributed by atoms with Gasteiger partial charge in [0.25, 0.3) is 0 Å². The molecule has 130 valence electrons. The summed E-state index contributed by atoms with van der Waals surface area (Å²) >= 11 is 0. The molecule has 0 radical (unpaired) electrons. The van der Waals surface area contributed by atoms with E-state index in [-0.39, 0.29) is 12.5 Å². The standard InChI is InChI=1S/C17H12F3NO4/c18-17(19,20)25-13-5-3-12(4-6-13)21-16(22)8-2-11-1-7-14-15(9-11)24-10-23-14/h1-9H,10H2,(H,21,22). The lowest BCUT2D eigenvalue weighted by Crippen LogP contribution is -2.17. The maximum Gasteiger partial charge on any atom is 0.573 e. The van der Waals surface area contributed by atoms with Crippen LogP contribution in [-0.4, -0.2) is 19.1 Å². The van der Waals surface area contributed by atoms with Gasteiger partial charge in [0.05, 0.1) is 0 Å². The Kier molecular flexibility index (Phi) is 4.51. The first kappa shape index (κ1) is 16.7. The summed E-state index contributed by atoms with van der Waals surface area (Å²) in [6, 6.07) is 10.1. The monoisotopic (exact) mass is 351 g/mol. The Labute approximate surface area is 140 Å². The molecule has 8 heteroatoms. The first-order valence-electron chi connectivity index (χ1n) is 7.14. The highest BCUT2D eigenvalue weighted by Crippen LogP contribution is 2.32. The minimum absolute atomic E-state index is 0.164. The van der Waals surface area contributed by atoms with Crippen molar-refractivity contribution >= 4 is 17.7 Å². The van der Waals surface area contributed by atoms with Crippen molar-refractivity contribution < 1.29 is 32.2 Å². The molecule has 0 atom stereocenters. The molecule has 1 aliphatic rings. The molecule has 2 aromatic carbocycles. The van der Waals surface area contributed by atoms with Crippen LogP contribution in [0.2, 0.25) is 0 Å². The molecule has 25 heavy (non-hydrogen) atoms. The molecule has 0 aliphatic carbocycles. The Bertz CT molecular complexity index is 801. The molecule has 0 saturated carbocycles. The van der Waals surface area contributed by atoms with E-state index < -0.39 is 12.3 Å². The molecule has 0 aromatic heterocycles. The normalized spacial score (nSPS) is 13.1. The van der Waals surface area contributed by atoms with E-state index in [9.17, 15) is 18.0 Å². The molecule has 5 nitrogen and oxygen atoms in total. The van der Waals surface area contributed by atoms with Gasteiger partial charge >= 0.3 is 6.36 Å². The van der Waals surface area contributed by atoms with Gasteiger partial charge in [0.15, 0.2) is 11.5 Å². The number of anilines is 1. The van der Waals surface area contributed by atoms with Crippen LogP contribution < -0.4 is 19.5 Å². The molecule has 2 aromatic rings. The minimum atomic E-state index is -4.75. The van der Waals surface area contributed by atoms with Gasteiger partial charge in [-0.05, 0) is 48.0 Å². The number of carbonyl (C=O) groups is 1. The molecule has 1 N–H and O–H groups in total. The van der Waals surface area contributed by atoms with Gasteiger partial charge in [-0.3, -0.25) is 4.79 Å². The van der Waals surface area contributed by atoms with Gasteiger partial charge in [-0.25, -0.2) is 0 Å². The van der Waals surface area contributed by atoms with Crippen LogP contribution in [0, 0.1) is 0 Å². The summed E-state index contributed by atoms with van der Waals surface area (Å²) in [6.45, 7) is 0.164. The van der Waals surface area contributed by atoms with Crippen LogP contribution in [0.5, 0.6) is 17.2 Å². The first-order chi connectivity index (χ1) is 11.9. The van der Waals surface area contributed by atoms with E-state index in [0.717, 1.165) is 17.7 Å². The second-order valence-electron chi connectivity index (χ2n) is 5.01. The number of alkyl halides is 3. The van der Waals surface area contributed by atoms with E-state index in [4.69, 9.17) is 9.47 Å². The Morgan fingerprint density at radius 2 is 1.80 bits per heavy atom. The topological polar surface area (TPSA) is 56.8 Å². The number of nitrogens with one attached hydrogen (secondary N) is 1. The molecule has 1 amide bonds. The van der Waals surface area contributed by atoms with Crippen LogP contribution in [0.3, 0.4) is 0 Å². The smallest absolute Gasteiger partial charge is 0.454 e. The summed E-state index contributed by atoms with van der Waals surface area (Å²) in [5.74, 6) is 0.453. The molecule has 0 bridgehead atoms. The number of hydrogen-bond donors (Lipinski definition) is 1. The van der Waals surface area contributed by atoms with Crippen molar-refractivity contribution in [1.29, 1.82) is 0 Å². The Morgan fingerprint density at radius 3 is 2.52 bits per heavy atom. The summed E-state index contributed by atoms with van der Waals surface area (Å²) in [7, 11) is 0. The molecule has 0 unspecified atom stereocenters. The van der Waals surface area contributed by atoms with Gasteiger partial charge in [-0.15, -0.1) is 13.2 Å². The van der Waals surface area contributed by atoms with Gasteiger partial charge < -0.3 is 19.5 Å². The molecule has 0 spiro atoms. The van der Waals surface area contributed by atoms with Crippen molar-refractivity contribution in [3.05, 3.63) is 54.1 Å². The number of ether oxygens (including phenoxy) is 3. The number of rotatable bonds is 4. The summed E-state index contributed by atoms with van der Waals surface area (Å²) in [4.78, 5) is 11.9. The fourth-order valence-corrected chi connectivity index (χ4v) is 2.11. The fourth-order valence-electron chi connectivity index (χ4n) is 2.11. The lowest BCUT2D eigenvalue weighted by atomic mass is 10.2. The lowest BCUT2D eigenvalue weighted by molar-refractivity contribution is -0.274. The zero-order chi connectivity index (χ0) is 17.9. The SMILES string of the molecule is O=C(C=Cc1ccc2c(c1)OCO2)Nc1ccc(OC(F)(F)F)cc1. The molecular formula is C17H12F3NO4. The third kappa shape index (κ3) is 4.66. The molecule has 3 rings (SSSR count). The van der Waals surface area contributed by atoms with E-state index in [0.29, 0.717) is 17.2 Å². The first-order valence-corrected chi connectivity index (χ1v) is 7.14. The van der Waals surface area contributed by atoms with Crippen LogP contribution in [0.15, 0.2) is 48.5 Å². The van der Waals surface area contributed by atoms with E-state index in [1.165, 1.54) is 18.2 Å². The van der Waals surface area contributed by atoms with Crippen LogP contribution in [0.1, 0.15) is 5.56 Å². The van der Waals surface area contributed by atoms with Crippen molar-refractivity contribution in [2.24, 2.45) is 0 Å². The number of carbonyl (C=O) groups excluding carboxylic acids is 1. The largest absolute Gasteiger partial charge is 0.573 e. The molecule has 1 aliphatic heterocycles. The summed E-state index contributed by atoms with van der Waals surface area (Å²) in [5.41, 5.74) is 1.09. The average molecular weight is 351 g/mol. The fraction of sp³-hybridized carbons (Fsp3) is 0.118. The van der Waals surface area contributed by atoms with E-state index >= 15 is 0 Å². The van der Waals surface area contributed by atoms with Gasteiger partial charge in [-0.2, -0.15) is 0 Å². The summed E-state index contributed by atoms with van der Waals surface area (Å²) in [6.07, 6.45) is -1.87. The Balaban J connectivity index is 1.58. The van der Waals surface area contributed by atoms with Crippen molar-refractivity contribution in [3.63, 3.8) is 0 Å². The molecule has 0 saturated heterocycles. The average Bonchev–Trinajstić information content (AvgIpc) is 3.01. The van der Waals surface area contributed by atoms with Crippen molar-refractivity contribution in [1.82, 2.24) is 0 Å². The summed E-state index contributed by atoms with van der Waals surface area (Å²) in [5, 5.41) is 2.54. The van der Waals surface area contributed by atoms with E-state index in [1.807, 2.05) is 0 Å². The third-order valence-corrected chi connectivity index (χ3v) is 3.18. The van der Waals surface area contributed by atoms with E-state index in [1.54, 1.807) is 24.3 Å². The number of benzene rings is 2. The predicted octanol–water partition coefficient (Wildman–Crippen LogP) is 3.97. The predicted molar refractivity (Wildman–Crippen MR) is 83.4 cm³/mol. The Hall–Kier alpha value is -3.16. The summed E-state index contributed by atoms with van der Waals surface area (Å²) < 4.78 is 50.4. The number of fused-ring (bicyclic) bond motifs is 1. The van der Waals surface area contributed by atoms with Gasteiger partial charge in [-0.1, -0.05) is 6.07 Å². The molecule has 1 heterocycles. The van der Waals surface area contributed by atoms with Crippen molar-refractivity contribution in [2.45, 2.75) is 6.36 Å². The highest BCUT2D eigenvalue weighted by molar-refractivity contribution is 6.01. The minimum Gasteiger partial charge on any atom is -0.454 e. The maximum atomic E-state index is 12.1. The van der Waals surface area contributed by atoms with Gasteiger partial charge in [0.1, 0.15) is 5.75 Å². The zero-order valence-corrected chi connectivity index (χ0v) is 12.7.